The number of alkyl halides is 3. The van der Waals surface area contributed by atoms with E-state index in [-0.39, 0.29) is 24.4 Å². The molecule has 0 aliphatic heterocycles. The van der Waals surface area contributed by atoms with E-state index < -0.39 is 37.9 Å². The van der Waals surface area contributed by atoms with Gasteiger partial charge in [0.25, 0.3) is 0 Å². The lowest BCUT2D eigenvalue weighted by Crippen LogP contribution is -2.36. The molecule has 1 rings (SSSR count). The van der Waals surface area contributed by atoms with Crippen molar-refractivity contribution >= 4 is 13.5 Å². The topological polar surface area (TPSA) is 84.9 Å². The molecule has 2 atom stereocenters. The molecule has 0 heterocycles. The lowest BCUT2D eigenvalue weighted by molar-refractivity contribution is -0.149. The summed E-state index contributed by atoms with van der Waals surface area (Å²) in [5, 5.41) is 11.4. The Morgan fingerprint density at radius 3 is 2.36 bits per heavy atom. The first-order valence-corrected chi connectivity index (χ1v) is 10.5. The summed E-state index contributed by atoms with van der Waals surface area (Å²) in [4.78, 5) is 12.0. The maximum atomic E-state index is 13.2. The van der Waals surface area contributed by atoms with Gasteiger partial charge in [-0.15, -0.1) is 0 Å². The van der Waals surface area contributed by atoms with E-state index in [0.717, 1.165) is 6.08 Å². The number of carbonyl (C=O) groups is 1. The molecule has 0 saturated carbocycles. The minimum atomic E-state index is -4.68. The maximum Gasteiger partial charge on any atom is 0.414 e. The highest BCUT2D eigenvalue weighted by Crippen LogP contribution is 2.44. The van der Waals surface area contributed by atoms with Crippen molar-refractivity contribution in [2.45, 2.75) is 45.5 Å². The van der Waals surface area contributed by atoms with Crippen LogP contribution in [0.5, 0.6) is 5.75 Å². The van der Waals surface area contributed by atoms with Crippen LogP contribution in [0.4, 0.5) is 13.2 Å². The first kappa shape index (κ1) is 24.2. The van der Waals surface area contributed by atoms with Crippen molar-refractivity contribution in [3.63, 3.8) is 0 Å². The number of nitrogens with one attached hydrogen (secondary N) is 1. The van der Waals surface area contributed by atoms with Gasteiger partial charge >= 0.3 is 19.7 Å². The monoisotopic (exact) mass is 423 g/mol. The Hall–Kier alpha value is -1.83. The van der Waals surface area contributed by atoms with Crippen LogP contribution in [0.15, 0.2) is 42.0 Å². The van der Waals surface area contributed by atoms with Crippen molar-refractivity contribution in [3.8, 4) is 5.75 Å². The van der Waals surface area contributed by atoms with Gasteiger partial charge in [0.1, 0.15) is 11.8 Å². The molecular weight excluding hydrogens is 398 g/mol. The summed E-state index contributed by atoms with van der Waals surface area (Å²) in [6, 6.07) is 7.08. The van der Waals surface area contributed by atoms with Crippen molar-refractivity contribution in [1.29, 1.82) is 0 Å². The predicted molar refractivity (Wildman–Crippen MR) is 99.2 cm³/mol. The number of allylic oxidation sites excluding steroid dienone is 1. The molecule has 158 valence electrons. The third-order valence-corrected chi connectivity index (χ3v) is 5.57. The van der Waals surface area contributed by atoms with E-state index in [1.165, 1.54) is 19.1 Å². The van der Waals surface area contributed by atoms with Crippen LogP contribution in [0.1, 0.15) is 27.2 Å². The molecular formula is C18H25F3NO5P. The van der Waals surface area contributed by atoms with E-state index >= 15 is 0 Å². The summed E-state index contributed by atoms with van der Waals surface area (Å²) in [6.07, 6.45) is -4.90. The number of halogens is 3. The Labute approximate surface area is 162 Å². The van der Waals surface area contributed by atoms with E-state index in [2.05, 4.69) is 5.09 Å². The van der Waals surface area contributed by atoms with Gasteiger partial charge in [0, 0.05) is 0 Å². The quantitative estimate of drug-likeness (QED) is 0.335. The molecule has 1 aromatic rings. The zero-order valence-corrected chi connectivity index (χ0v) is 16.8. The predicted octanol–water partition coefficient (Wildman–Crippen LogP) is 4.06. The van der Waals surface area contributed by atoms with Gasteiger partial charge in [-0.1, -0.05) is 24.3 Å². The Bertz CT molecular complexity index is 707. The molecule has 0 radical (unpaired) electrons. The third-order valence-electron chi connectivity index (χ3n) is 3.44. The van der Waals surface area contributed by atoms with Gasteiger partial charge in [-0.2, -0.15) is 13.2 Å². The fraction of sp³-hybridized carbons (Fsp3) is 0.500. The highest BCUT2D eigenvalue weighted by Gasteiger charge is 2.34. The van der Waals surface area contributed by atoms with Crippen LogP contribution in [0, 0.1) is 0 Å². The van der Waals surface area contributed by atoms with Crippen LogP contribution in [0.25, 0.3) is 0 Å². The number of aliphatic hydroxyl groups excluding tert-OH is 1. The minimum Gasteiger partial charge on any atom is -0.462 e. The summed E-state index contributed by atoms with van der Waals surface area (Å²) in [6.45, 7) is 3.56. The molecule has 10 heteroatoms. The molecule has 2 N–H and O–H groups in total. The second-order valence-electron chi connectivity index (χ2n) is 6.31. The highest BCUT2D eigenvalue weighted by atomic mass is 31.2. The first-order valence-electron chi connectivity index (χ1n) is 8.66. The van der Waals surface area contributed by atoms with Crippen LogP contribution in [-0.4, -0.2) is 42.2 Å². The molecule has 0 spiro atoms. The Balaban J connectivity index is 2.96. The number of benzene rings is 1. The van der Waals surface area contributed by atoms with Crippen molar-refractivity contribution < 1.29 is 36.9 Å². The summed E-state index contributed by atoms with van der Waals surface area (Å²) >= 11 is 0. The molecule has 0 fully saturated rings. The summed E-state index contributed by atoms with van der Waals surface area (Å²) in [7, 11) is -3.76. The van der Waals surface area contributed by atoms with E-state index in [9.17, 15) is 22.5 Å². The van der Waals surface area contributed by atoms with Crippen LogP contribution in [0.2, 0.25) is 0 Å². The Morgan fingerprint density at radius 1 is 1.25 bits per heavy atom. The number of esters is 1. The largest absolute Gasteiger partial charge is 0.462 e. The SMILES string of the molecule is CC(C)OC(=O)[C@H](C)NP(=O)(CC/C=C(/CO)C(F)(F)F)Oc1ccccc1. The molecule has 0 bridgehead atoms. The summed E-state index contributed by atoms with van der Waals surface area (Å²) in [5.74, 6) is -0.418. The van der Waals surface area contributed by atoms with Gasteiger partial charge in [0.2, 0.25) is 0 Å². The Morgan fingerprint density at radius 2 is 1.86 bits per heavy atom. The van der Waals surface area contributed by atoms with E-state index in [4.69, 9.17) is 14.4 Å². The minimum absolute atomic E-state index is 0.241. The number of ether oxygens (including phenoxy) is 1. The lowest BCUT2D eigenvalue weighted by Gasteiger charge is -2.24. The molecule has 0 saturated heterocycles. The van der Waals surface area contributed by atoms with Crippen molar-refractivity contribution in [3.05, 3.63) is 42.0 Å². The fourth-order valence-corrected chi connectivity index (χ4v) is 4.05. The van der Waals surface area contributed by atoms with E-state index in [0.29, 0.717) is 0 Å². The Kier molecular flexibility index (Phi) is 9.20. The van der Waals surface area contributed by atoms with Gasteiger partial charge in [-0.25, -0.2) is 5.09 Å². The standard InChI is InChI=1S/C18H25F3NO5P/c1-13(2)26-17(24)14(3)22-28(25,27-16-9-5-4-6-10-16)11-7-8-15(12-23)18(19,20)21/h4-6,8-10,13-14,23H,7,11-12H2,1-3H3,(H,22,25)/b15-8-/t14-,28?/m0/s1. The third kappa shape index (κ3) is 8.46. The average molecular weight is 423 g/mol. The maximum absolute atomic E-state index is 13.2. The molecule has 1 aromatic carbocycles. The molecule has 28 heavy (non-hydrogen) atoms. The molecule has 0 aliphatic rings. The number of aliphatic hydroxyl groups is 1. The lowest BCUT2D eigenvalue weighted by atomic mass is 10.2. The zero-order chi connectivity index (χ0) is 21.4. The van der Waals surface area contributed by atoms with E-state index in [1.807, 2.05) is 0 Å². The normalized spacial score (nSPS) is 15.8. The van der Waals surface area contributed by atoms with Gasteiger partial charge < -0.3 is 14.4 Å². The van der Waals surface area contributed by atoms with Crippen LogP contribution >= 0.6 is 7.52 Å². The van der Waals surface area contributed by atoms with Crippen LogP contribution in [0.3, 0.4) is 0 Å². The smallest absolute Gasteiger partial charge is 0.414 e. The van der Waals surface area contributed by atoms with Crippen molar-refractivity contribution in [2.24, 2.45) is 0 Å². The molecule has 6 nitrogen and oxygen atoms in total. The van der Waals surface area contributed by atoms with Crippen LogP contribution < -0.4 is 9.61 Å². The van der Waals surface area contributed by atoms with Crippen molar-refractivity contribution in [2.75, 3.05) is 12.8 Å². The fourth-order valence-electron chi connectivity index (χ4n) is 2.15. The van der Waals surface area contributed by atoms with E-state index in [1.54, 1.807) is 32.0 Å². The first-order chi connectivity index (χ1) is 13.0. The number of hydrogen-bond donors (Lipinski definition) is 2. The average Bonchev–Trinajstić information content (AvgIpc) is 2.57. The van der Waals surface area contributed by atoms with Crippen LogP contribution in [-0.2, 0) is 14.1 Å². The summed E-state index contributed by atoms with van der Waals surface area (Å²) < 4.78 is 61.9. The van der Waals surface area contributed by atoms with Gasteiger partial charge in [0.15, 0.2) is 0 Å². The number of carbonyl (C=O) groups excluding carboxylic acids is 1. The van der Waals surface area contributed by atoms with Gasteiger partial charge in [-0.05, 0) is 39.3 Å². The number of para-hydroxylation sites is 1. The molecule has 0 aliphatic carbocycles. The second-order valence-corrected chi connectivity index (χ2v) is 8.55. The van der Waals surface area contributed by atoms with Crippen molar-refractivity contribution in [1.82, 2.24) is 5.09 Å². The van der Waals surface area contributed by atoms with Gasteiger partial charge in [0.05, 0.1) is 24.4 Å². The zero-order valence-electron chi connectivity index (χ0n) is 15.9. The number of rotatable bonds is 10. The molecule has 0 amide bonds. The highest BCUT2D eigenvalue weighted by molar-refractivity contribution is 7.57. The molecule has 1 unspecified atom stereocenters. The second kappa shape index (κ2) is 10.6. The summed E-state index contributed by atoms with van der Waals surface area (Å²) in [5.41, 5.74) is -1.13. The number of hydrogen-bond acceptors (Lipinski definition) is 5. The van der Waals surface area contributed by atoms with Gasteiger partial charge in [-0.3, -0.25) is 9.36 Å². The molecule has 0 aromatic heterocycles.